The zero-order chi connectivity index (χ0) is 18.0. The van der Waals surface area contributed by atoms with Crippen molar-refractivity contribution in [2.75, 3.05) is 24.1 Å². The third-order valence-electron chi connectivity index (χ3n) is 3.52. The van der Waals surface area contributed by atoms with Gasteiger partial charge in [0.05, 0.1) is 10.6 Å². The van der Waals surface area contributed by atoms with Gasteiger partial charge >= 0.3 is 0 Å². The highest BCUT2D eigenvalue weighted by atomic mass is 32.2. The van der Waals surface area contributed by atoms with E-state index in [-0.39, 0.29) is 22.9 Å². The van der Waals surface area contributed by atoms with E-state index >= 15 is 0 Å². The summed E-state index contributed by atoms with van der Waals surface area (Å²) in [7, 11) is -4.25. The minimum absolute atomic E-state index is 0.166. The van der Waals surface area contributed by atoms with E-state index in [0.717, 1.165) is 6.07 Å². The number of anilines is 1. The summed E-state index contributed by atoms with van der Waals surface area (Å²) in [5.74, 6) is -1.02. The zero-order valence-corrected chi connectivity index (χ0v) is 13.8. The minimum Gasteiger partial charge on any atom is -0.486 e. The first-order valence-corrected chi connectivity index (χ1v) is 8.79. The van der Waals surface area contributed by atoms with Crippen LogP contribution in [-0.2, 0) is 14.8 Å². The number of fused-ring (bicyclic) bond motifs is 1. The molecule has 0 radical (unpaired) electrons. The molecule has 2 N–H and O–H groups in total. The first-order chi connectivity index (χ1) is 11.9. The molecule has 25 heavy (non-hydrogen) atoms. The molecule has 2 aromatic carbocycles. The first-order valence-electron chi connectivity index (χ1n) is 7.35. The van der Waals surface area contributed by atoms with Crippen molar-refractivity contribution in [3.05, 3.63) is 48.3 Å². The lowest BCUT2D eigenvalue weighted by atomic mass is 10.3. The molecule has 0 bridgehead atoms. The van der Waals surface area contributed by atoms with Gasteiger partial charge in [-0.05, 0) is 24.3 Å². The average molecular weight is 366 g/mol. The normalized spacial score (nSPS) is 13.3. The van der Waals surface area contributed by atoms with Gasteiger partial charge in [-0.15, -0.1) is 0 Å². The Hall–Kier alpha value is -2.81. The van der Waals surface area contributed by atoms with Gasteiger partial charge in [0.2, 0.25) is 5.91 Å². The molecule has 9 heteroatoms. The van der Waals surface area contributed by atoms with Gasteiger partial charge in [0.1, 0.15) is 25.6 Å². The predicted molar refractivity (Wildman–Crippen MR) is 87.6 cm³/mol. The second kappa shape index (κ2) is 6.60. The molecule has 0 saturated carbocycles. The van der Waals surface area contributed by atoms with Crippen LogP contribution in [0.4, 0.5) is 10.1 Å². The van der Waals surface area contributed by atoms with E-state index < -0.39 is 28.3 Å². The van der Waals surface area contributed by atoms with Gasteiger partial charge in [-0.25, -0.2) is 12.8 Å². The molecule has 0 saturated heterocycles. The summed E-state index contributed by atoms with van der Waals surface area (Å²) in [6.45, 7) is -0.0470. The van der Waals surface area contributed by atoms with E-state index in [1.165, 1.54) is 36.4 Å². The number of ether oxygens (including phenoxy) is 2. The summed E-state index contributed by atoms with van der Waals surface area (Å²) >= 11 is 0. The Balaban J connectivity index is 2.08. The van der Waals surface area contributed by atoms with Crippen molar-refractivity contribution >= 4 is 21.6 Å². The molecule has 132 valence electrons. The van der Waals surface area contributed by atoms with Gasteiger partial charge in [-0.3, -0.25) is 9.10 Å². The maximum absolute atomic E-state index is 14.1. The SMILES string of the molecule is NC(=O)CN(c1ccccc1F)S(=O)(=O)c1ccc2c(c1)OCCO2. The Kier molecular flexibility index (Phi) is 4.49. The van der Waals surface area contributed by atoms with Crippen LogP contribution in [0.2, 0.25) is 0 Å². The fourth-order valence-electron chi connectivity index (χ4n) is 2.41. The third kappa shape index (κ3) is 3.36. The Morgan fingerprint density at radius 3 is 2.48 bits per heavy atom. The average Bonchev–Trinajstić information content (AvgIpc) is 2.59. The Morgan fingerprint density at radius 1 is 1.12 bits per heavy atom. The van der Waals surface area contributed by atoms with Crippen LogP contribution in [-0.4, -0.2) is 34.1 Å². The fraction of sp³-hybridized carbons (Fsp3) is 0.188. The Morgan fingerprint density at radius 2 is 1.80 bits per heavy atom. The number of rotatable bonds is 5. The molecule has 0 spiro atoms. The van der Waals surface area contributed by atoms with Crippen LogP contribution in [0.3, 0.4) is 0 Å². The quantitative estimate of drug-likeness (QED) is 0.859. The lowest BCUT2D eigenvalue weighted by Gasteiger charge is -2.25. The fourth-order valence-corrected chi connectivity index (χ4v) is 3.86. The van der Waals surface area contributed by atoms with Crippen molar-refractivity contribution in [2.45, 2.75) is 4.90 Å². The van der Waals surface area contributed by atoms with Crippen molar-refractivity contribution in [2.24, 2.45) is 5.73 Å². The van der Waals surface area contributed by atoms with Gasteiger partial charge in [-0.1, -0.05) is 12.1 Å². The maximum atomic E-state index is 14.1. The number of nitrogens with zero attached hydrogens (tertiary/aromatic N) is 1. The van der Waals surface area contributed by atoms with Crippen LogP contribution >= 0.6 is 0 Å². The molecule has 1 heterocycles. The number of carbonyl (C=O) groups excluding carboxylic acids is 1. The summed E-state index contributed by atoms with van der Waals surface area (Å²) < 4.78 is 51.4. The van der Waals surface area contributed by atoms with Crippen LogP contribution in [0.15, 0.2) is 47.4 Å². The van der Waals surface area contributed by atoms with Crippen molar-refractivity contribution in [1.29, 1.82) is 0 Å². The van der Waals surface area contributed by atoms with E-state index in [4.69, 9.17) is 15.2 Å². The van der Waals surface area contributed by atoms with Crippen LogP contribution in [0.1, 0.15) is 0 Å². The molecule has 2 aromatic rings. The van der Waals surface area contributed by atoms with Crippen LogP contribution in [0.5, 0.6) is 11.5 Å². The number of nitrogens with two attached hydrogens (primary N) is 1. The number of halogens is 1. The number of carbonyl (C=O) groups is 1. The van der Waals surface area contributed by atoms with Crippen molar-refractivity contribution in [1.82, 2.24) is 0 Å². The zero-order valence-electron chi connectivity index (χ0n) is 13.0. The Bertz CT molecular complexity index is 916. The van der Waals surface area contributed by atoms with E-state index in [0.29, 0.717) is 16.7 Å². The highest BCUT2D eigenvalue weighted by molar-refractivity contribution is 7.92. The van der Waals surface area contributed by atoms with E-state index in [2.05, 4.69) is 0 Å². The molecule has 1 amide bonds. The standard InChI is InChI=1S/C16H15FN2O5S/c17-12-3-1-2-4-13(12)19(10-16(18)20)25(21,22)11-5-6-14-15(9-11)24-8-7-23-14/h1-6,9H,7-8,10H2,(H2,18,20). The molecule has 3 rings (SSSR count). The third-order valence-corrected chi connectivity index (χ3v) is 5.28. The second-order valence-electron chi connectivity index (χ2n) is 5.23. The monoisotopic (exact) mass is 366 g/mol. The maximum Gasteiger partial charge on any atom is 0.265 e. The summed E-state index contributed by atoms with van der Waals surface area (Å²) in [5, 5.41) is 0. The van der Waals surface area contributed by atoms with Crippen molar-refractivity contribution in [3.8, 4) is 11.5 Å². The molecule has 1 aliphatic heterocycles. The first kappa shape index (κ1) is 17.0. The lowest BCUT2D eigenvalue weighted by Crippen LogP contribution is -2.39. The van der Waals surface area contributed by atoms with Gasteiger partial charge in [0, 0.05) is 6.07 Å². The summed E-state index contributed by atoms with van der Waals surface area (Å²) in [6, 6.07) is 9.27. The molecule has 0 atom stereocenters. The predicted octanol–water partition coefficient (Wildman–Crippen LogP) is 1.28. The molecule has 0 aliphatic carbocycles. The number of sulfonamides is 1. The smallest absolute Gasteiger partial charge is 0.265 e. The summed E-state index contributed by atoms with van der Waals surface area (Å²) in [6.07, 6.45) is 0. The van der Waals surface area contributed by atoms with E-state index in [9.17, 15) is 17.6 Å². The van der Waals surface area contributed by atoms with Crippen molar-refractivity contribution < 1.29 is 27.1 Å². The lowest BCUT2D eigenvalue weighted by molar-refractivity contribution is -0.116. The van der Waals surface area contributed by atoms with Gasteiger partial charge in [0.15, 0.2) is 11.5 Å². The summed E-state index contributed by atoms with van der Waals surface area (Å²) in [5.41, 5.74) is 4.89. The number of hydrogen-bond acceptors (Lipinski definition) is 5. The number of hydrogen-bond donors (Lipinski definition) is 1. The highest BCUT2D eigenvalue weighted by Crippen LogP contribution is 2.34. The number of para-hydroxylation sites is 1. The second-order valence-corrected chi connectivity index (χ2v) is 7.10. The molecule has 0 unspecified atom stereocenters. The minimum atomic E-state index is -4.25. The highest BCUT2D eigenvalue weighted by Gasteiger charge is 2.29. The van der Waals surface area contributed by atoms with Gasteiger partial charge in [0.25, 0.3) is 10.0 Å². The van der Waals surface area contributed by atoms with Crippen LogP contribution in [0, 0.1) is 5.82 Å². The molecule has 0 aromatic heterocycles. The topological polar surface area (TPSA) is 98.9 Å². The number of benzene rings is 2. The van der Waals surface area contributed by atoms with Gasteiger partial charge < -0.3 is 15.2 Å². The molecular weight excluding hydrogens is 351 g/mol. The van der Waals surface area contributed by atoms with Crippen molar-refractivity contribution in [3.63, 3.8) is 0 Å². The van der Waals surface area contributed by atoms with Gasteiger partial charge in [-0.2, -0.15) is 0 Å². The molecule has 7 nitrogen and oxygen atoms in total. The van der Waals surface area contributed by atoms with E-state index in [1.54, 1.807) is 0 Å². The van der Waals surface area contributed by atoms with Crippen LogP contribution in [0.25, 0.3) is 0 Å². The number of amides is 1. The molecule has 1 aliphatic rings. The molecule has 0 fully saturated rings. The number of primary amides is 1. The molecular formula is C16H15FN2O5S. The van der Waals surface area contributed by atoms with Crippen LogP contribution < -0.4 is 19.5 Å². The summed E-state index contributed by atoms with van der Waals surface area (Å²) in [4.78, 5) is 11.2. The van der Waals surface area contributed by atoms with E-state index in [1.807, 2.05) is 0 Å². The Labute approximate surface area is 143 Å². The largest absolute Gasteiger partial charge is 0.486 e.